The van der Waals surface area contributed by atoms with Crippen LogP contribution in [0.4, 0.5) is 0 Å². The van der Waals surface area contributed by atoms with Gasteiger partial charge in [-0.25, -0.2) is 19.9 Å². The second-order valence-electron chi connectivity index (χ2n) is 19.3. The van der Waals surface area contributed by atoms with Crippen LogP contribution in [0.15, 0.2) is 61.2 Å². The number of aryl methyl sites for hydroxylation is 4. The lowest BCUT2D eigenvalue weighted by atomic mass is 9.78. The van der Waals surface area contributed by atoms with Crippen LogP contribution in [0.25, 0.3) is 0 Å². The van der Waals surface area contributed by atoms with Crippen molar-refractivity contribution < 1.29 is 4.74 Å². The fourth-order valence-electron chi connectivity index (χ4n) is 10.1. The standard InChI is InChI=1S/C56H82N4O/c1-5-9-13-15-17-21-47-39-57-55(58-40-47)49-29-23-45(24-30-49)37-51-35-43(19-11-7-3)27-33-53(51)61-54-34-28-44(20-12-8-4)36-52(54)38-46-25-31-50(32-26-46)56-59-41-48(42-60-56)22-18-16-14-10-6-2/h27-28,33-36,39-42,45-46,49-50H,5-26,29-32,37-38H2,1-4H3/t45-,46-,49-,50-. The van der Waals surface area contributed by atoms with E-state index >= 15 is 0 Å². The molecule has 5 heteroatoms. The quantitative estimate of drug-likeness (QED) is 0.0590. The van der Waals surface area contributed by atoms with Crippen LogP contribution in [0.5, 0.6) is 11.5 Å². The summed E-state index contributed by atoms with van der Waals surface area (Å²) in [5.74, 6) is 6.52. The zero-order valence-corrected chi connectivity index (χ0v) is 39.1. The monoisotopic (exact) mass is 827 g/mol. The van der Waals surface area contributed by atoms with Gasteiger partial charge in [-0.15, -0.1) is 0 Å². The van der Waals surface area contributed by atoms with Gasteiger partial charge in [-0.05, 0) is 173 Å². The van der Waals surface area contributed by atoms with Crippen molar-refractivity contribution >= 4 is 0 Å². The summed E-state index contributed by atoms with van der Waals surface area (Å²) in [7, 11) is 0. The minimum absolute atomic E-state index is 0.480. The van der Waals surface area contributed by atoms with E-state index in [9.17, 15) is 0 Å². The molecule has 0 radical (unpaired) electrons. The third-order valence-electron chi connectivity index (χ3n) is 14.1. The molecule has 4 aromatic rings. The molecule has 0 N–H and O–H groups in total. The summed E-state index contributed by atoms with van der Waals surface area (Å²) >= 11 is 0. The van der Waals surface area contributed by atoms with Crippen LogP contribution in [0, 0.1) is 11.8 Å². The second-order valence-corrected chi connectivity index (χ2v) is 19.3. The van der Waals surface area contributed by atoms with E-state index in [2.05, 4.69) is 88.9 Å². The molecule has 0 amide bonds. The number of aromatic nitrogens is 4. The molecule has 2 heterocycles. The largest absolute Gasteiger partial charge is 0.457 e. The summed E-state index contributed by atoms with van der Waals surface area (Å²) in [6, 6.07) is 14.2. The van der Waals surface area contributed by atoms with Crippen molar-refractivity contribution in [3.8, 4) is 11.5 Å². The van der Waals surface area contributed by atoms with Crippen LogP contribution in [-0.4, -0.2) is 19.9 Å². The van der Waals surface area contributed by atoms with Crippen LogP contribution in [0.2, 0.25) is 0 Å². The molecule has 6 rings (SSSR count). The summed E-state index contributed by atoms with van der Waals surface area (Å²) in [5, 5.41) is 0. The Morgan fingerprint density at radius 3 is 1.15 bits per heavy atom. The Kier molecular flexibility index (Phi) is 20.1. The van der Waals surface area contributed by atoms with E-state index in [1.54, 1.807) is 0 Å². The fourth-order valence-corrected chi connectivity index (χ4v) is 10.1. The maximum Gasteiger partial charge on any atom is 0.131 e. The topological polar surface area (TPSA) is 60.8 Å². The Hall–Kier alpha value is -3.60. The lowest BCUT2D eigenvalue weighted by molar-refractivity contribution is 0.312. The van der Waals surface area contributed by atoms with E-state index in [-0.39, 0.29) is 0 Å². The first-order valence-electron chi connectivity index (χ1n) is 25.6. The van der Waals surface area contributed by atoms with Crippen molar-refractivity contribution in [3.05, 3.63) is 106 Å². The fraction of sp³-hybridized carbons (Fsp3) is 0.643. The van der Waals surface area contributed by atoms with Gasteiger partial charge in [-0.1, -0.05) is 116 Å². The van der Waals surface area contributed by atoms with E-state index in [0.29, 0.717) is 23.7 Å². The lowest BCUT2D eigenvalue weighted by Gasteiger charge is -2.29. The van der Waals surface area contributed by atoms with Crippen LogP contribution in [-0.2, 0) is 38.5 Å². The van der Waals surface area contributed by atoms with E-state index < -0.39 is 0 Å². The van der Waals surface area contributed by atoms with Gasteiger partial charge in [0.05, 0.1) is 0 Å². The molecule has 2 aliphatic rings. The van der Waals surface area contributed by atoms with Gasteiger partial charge in [-0.2, -0.15) is 0 Å². The maximum atomic E-state index is 7.10. The molecule has 0 spiro atoms. The number of rotatable bonds is 26. The predicted molar refractivity (Wildman–Crippen MR) is 256 cm³/mol. The van der Waals surface area contributed by atoms with Crippen molar-refractivity contribution in [1.82, 2.24) is 19.9 Å². The van der Waals surface area contributed by atoms with Gasteiger partial charge >= 0.3 is 0 Å². The van der Waals surface area contributed by atoms with E-state index in [1.165, 1.54) is 175 Å². The SMILES string of the molecule is CCCCCCCc1cnc([C@H]2CC[C@H](Cc3cc(CCCC)ccc3Oc3ccc(CCCC)cc3C[C@H]3CC[C@H](c4ncc(CCCCCCC)cn4)CC3)CC2)nc1. The van der Waals surface area contributed by atoms with Crippen molar-refractivity contribution in [1.29, 1.82) is 0 Å². The average molecular weight is 827 g/mol. The lowest BCUT2D eigenvalue weighted by Crippen LogP contribution is -2.18. The predicted octanol–water partition coefficient (Wildman–Crippen LogP) is 15.8. The molecular formula is C56H82N4O. The summed E-state index contributed by atoms with van der Waals surface area (Å²) < 4.78 is 7.10. The van der Waals surface area contributed by atoms with Gasteiger partial charge in [-0.3, -0.25) is 0 Å². The van der Waals surface area contributed by atoms with Gasteiger partial charge in [0.2, 0.25) is 0 Å². The van der Waals surface area contributed by atoms with Crippen molar-refractivity contribution in [3.63, 3.8) is 0 Å². The van der Waals surface area contributed by atoms with Gasteiger partial charge in [0, 0.05) is 36.6 Å². The number of ether oxygens (including phenoxy) is 1. The van der Waals surface area contributed by atoms with Gasteiger partial charge < -0.3 is 4.74 Å². The minimum atomic E-state index is 0.480. The first-order chi connectivity index (χ1) is 30.0. The molecule has 0 saturated heterocycles. The average Bonchev–Trinajstić information content (AvgIpc) is 3.30. The van der Waals surface area contributed by atoms with Gasteiger partial charge in [0.1, 0.15) is 23.1 Å². The molecule has 2 saturated carbocycles. The van der Waals surface area contributed by atoms with E-state index in [0.717, 1.165) is 61.7 Å². The Balaban J connectivity index is 1.08. The van der Waals surface area contributed by atoms with E-state index in [4.69, 9.17) is 24.7 Å². The molecule has 2 aliphatic carbocycles. The van der Waals surface area contributed by atoms with Crippen LogP contribution in [0.3, 0.4) is 0 Å². The zero-order chi connectivity index (χ0) is 42.5. The molecule has 332 valence electrons. The Bertz CT molecular complexity index is 1670. The normalized spacial score (nSPS) is 19.3. The molecular weight excluding hydrogens is 745 g/mol. The van der Waals surface area contributed by atoms with Crippen LogP contribution >= 0.6 is 0 Å². The van der Waals surface area contributed by atoms with Crippen molar-refractivity contribution in [2.75, 3.05) is 0 Å². The molecule has 2 aromatic carbocycles. The highest BCUT2D eigenvalue weighted by Gasteiger charge is 2.27. The third kappa shape index (κ3) is 15.3. The molecule has 0 aliphatic heterocycles. The Labute approximate surface area is 372 Å². The summed E-state index contributed by atoms with van der Waals surface area (Å²) in [6.07, 6.45) is 42.7. The number of benzene rings is 2. The van der Waals surface area contributed by atoms with Crippen LogP contribution in [0.1, 0.15) is 226 Å². The first-order valence-corrected chi connectivity index (χ1v) is 25.6. The number of nitrogens with zero attached hydrogens (tertiary/aromatic N) is 4. The highest BCUT2D eigenvalue weighted by Crippen LogP contribution is 2.41. The highest BCUT2D eigenvalue weighted by atomic mass is 16.5. The molecule has 0 unspecified atom stereocenters. The van der Waals surface area contributed by atoms with E-state index in [1.807, 2.05) is 0 Å². The van der Waals surface area contributed by atoms with Gasteiger partial charge in [0.15, 0.2) is 0 Å². The molecule has 5 nitrogen and oxygen atoms in total. The smallest absolute Gasteiger partial charge is 0.131 e. The van der Waals surface area contributed by atoms with Crippen molar-refractivity contribution in [2.45, 2.75) is 219 Å². The molecule has 2 aromatic heterocycles. The van der Waals surface area contributed by atoms with Gasteiger partial charge in [0.25, 0.3) is 0 Å². The summed E-state index contributed by atoms with van der Waals surface area (Å²) in [5.41, 5.74) is 8.27. The molecule has 2 fully saturated rings. The van der Waals surface area contributed by atoms with Crippen molar-refractivity contribution in [2.24, 2.45) is 11.8 Å². The molecule has 61 heavy (non-hydrogen) atoms. The van der Waals surface area contributed by atoms with Crippen LogP contribution < -0.4 is 4.74 Å². The second kappa shape index (κ2) is 26.1. The Morgan fingerprint density at radius 1 is 0.410 bits per heavy atom. The Morgan fingerprint density at radius 2 is 0.770 bits per heavy atom. The number of unbranched alkanes of at least 4 members (excludes halogenated alkanes) is 10. The summed E-state index contributed by atoms with van der Waals surface area (Å²) in [6.45, 7) is 9.15. The summed E-state index contributed by atoms with van der Waals surface area (Å²) in [4.78, 5) is 19.6. The zero-order valence-electron chi connectivity index (χ0n) is 39.1. The minimum Gasteiger partial charge on any atom is -0.457 e. The molecule has 0 atom stereocenters. The number of hydrogen-bond donors (Lipinski definition) is 0. The third-order valence-corrected chi connectivity index (χ3v) is 14.1. The molecule has 0 bridgehead atoms. The maximum absolute atomic E-state index is 7.10. The first kappa shape index (κ1) is 46.9. The highest BCUT2D eigenvalue weighted by molar-refractivity contribution is 5.45. The number of hydrogen-bond acceptors (Lipinski definition) is 5.